The average Bonchev–Trinajstić information content (AvgIpc) is 3.01. The first-order valence-corrected chi connectivity index (χ1v) is 8.16. The van der Waals surface area contributed by atoms with Crippen molar-refractivity contribution in [1.82, 2.24) is 14.7 Å². The number of carboxylic acids is 1. The normalized spacial score (nSPS) is 18.0. The van der Waals surface area contributed by atoms with Crippen LogP contribution in [0.15, 0.2) is 41.1 Å². The number of likely N-dealkylation sites (tertiary alicyclic amines) is 1. The van der Waals surface area contributed by atoms with Crippen LogP contribution in [0.3, 0.4) is 0 Å². The number of carboxylic acid groups (broad SMARTS) is 1. The zero-order valence-corrected chi connectivity index (χ0v) is 13.9. The van der Waals surface area contributed by atoms with Crippen LogP contribution in [0, 0.1) is 5.92 Å². The maximum absolute atomic E-state index is 12.7. The van der Waals surface area contributed by atoms with Crippen molar-refractivity contribution in [2.24, 2.45) is 5.92 Å². The summed E-state index contributed by atoms with van der Waals surface area (Å²) in [6.45, 7) is 0.867. The first kappa shape index (κ1) is 15.7. The minimum absolute atomic E-state index is 0.135. The number of benzene rings is 1. The molecule has 1 aromatic heterocycles. The summed E-state index contributed by atoms with van der Waals surface area (Å²) < 4.78 is 2.53. The molecule has 1 aliphatic rings. The molecule has 2 heterocycles. The maximum Gasteiger partial charge on any atom is 0.308 e. The van der Waals surface area contributed by atoms with E-state index in [1.165, 1.54) is 0 Å². The highest BCUT2D eigenvalue weighted by Crippen LogP contribution is 2.20. The lowest BCUT2D eigenvalue weighted by Crippen LogP contribution is -2.42. The molecule has 3 rings (SSSR count). The number of nitrogens with zero attached hydrogens (tertiary/aromatic N) is 3. The number of amides is 1. The number of aromatic nitrogens is 2. The van der Waals surface area contributed by atoms with E-state index in [0.29, 0.717) is 24.9 Å². The predicted molar refractivity (Wildman–Crippen MR) is 87.5 cm³/mol. The second kappa shape index (κ2) is 6.54. The van der Waals surface area contributed by atoms with Gasteiger partial charge in [-0.2, -0.15) is 5.10 Å². The van der Waals surface area contributed by atoms with Crippen LogP contribution in [0.4, 0.5) is 0 Å². The zero-order chi connectivity index (χ0) is 16.4. The molecule has 1 amide bonds. The summed E-state index contributed by atoms with van der Waals surface area (Å²) in [6.07, 6.45) is 4.83. The van der Waals surface area contributed by atoms with Gasteiger partial charge in [0.05, 0.1) is 22.3 Å². The molecular formula is C16H16BrN3O3. The molecule has 0 spiro atoms. The van der Waals surface area contributed by atoms with E-state index < -0.39 is 11.9 Å². The van der Waals surface area contributed by atoms with Gasteiger partial charge in [-0.1, -0.05) is 6.07 Å². The van der Waals surface area contributed by atoms with E-state index in [4.69, 9.17) is 5.11 Å². The number of hydrogen-bond acceptors (Lipinski definition) is 3. The molecular weight excluding hydrogens is 362 g/mol. The van der Waals surface area contributed by atoms with Crippen LogP contribution in [0.25, 0.3) is 5.69 Å². The van der Waals surface area contributed by atoms with Gasteiger partial charge in [0.25, 0.3) is 5.91 Å². The van der Waals surface area contributed by atoms with Crippen molar-refractivity contribution in [2.75, 3.05) is 13.1 Å². The Morgan fingerprint density at radius 3 is 2.87 bits per heavy atom. The van der Waals surface area contributed by atoms with Crippen LogP contribution < -0.4 is 0 Å². The predicted octanol–water partition coefficient (Wildman–Crippen LogP) is 2.57. The zero-order valence-electron chi connectivity index (χ0n) is 12.4. The lowest BCUT2D eigenvalue weighted by atomic mass is 9.97. The molecule has 6 nitrogen and oxygen atoms in total. The first-order valence-electron chi connectivity index (χ1n) is 7.37. The number of aliphatic carboxylic acids is 1. The lowest BCUT2D eigenvalue weighted by molar-refractivity contribution is -0.143. The van der Waals surface area contributed by atoms with Gasteiger partial charge in [0.2, 0.25) is 0 Å². The molecule has 1 atom stereocenters. The van der Waals surface area contributed by atoms with Gasteiger partial charge in [0.15, 0.2) is 0 Å². The van der Waals surface area contributed by atoms with Gasteiger partial charge in [0.1, 0.15) is 0 Å². The molecule has 1 saturated heterocycles. The van der Waals surface area contributed by atoms with Gasteiger partial charge in [-0.3, -0.25) is 9.59 Å². The van der Waals surface area contributed by atoms with Gasteiger partial charge in [-0.15, -0.1) is 0 Å². The summed E-state index contributed by atoms with van der Waals surface area (Å²) in [4.78, 5) is 25.4. The summed E-state index contributed by atoms with van der Waals surface area (Å²) in [5, 5.41) is 13.4. The number of carbonyl (C=O) groups excluding carboxylic acids is 1. The van der Waals surface area contributed by atoms with E-state index in [1.54, 1.807) is 34.0 Å². The molecule has 0 aliphatic carbocycles. The van der Waals surface area contributed by atoms with Gasteiger partial charge in [-0.25, -0.2) is 4.68 Å². The van der Waals surface area contributed by atoms with Gasteiger partial charge < -0.3 is 10.0 Å². The van der Waals surface area contributed by atoms with E-state index in [1.807, 2.05) is 12.3 Å². The van der Waals surface area contributed by atoms with Crippen molar-refractivity contribution in [3.8, 4) is 5.69 Å². The standard InChI is InChI=1S/C16H16BrN3O3/c17-13-8-18-20(10-13)14-5-1-3-11(7-14)15(21)19-6-2-4-12(9-19)16(22)23/h1,3,5,7-8,10,12H,2,4,6,9H2,(H,22,23)/t12-/m0/s1. The van der Waals surface area contributed by atoms with Crippen molar-refractivity contribution in [1.29, 1.82) is 0 Å². The molecule has 7 heteroatoms. The molecule has 2 aromatic rings. The molecule has 1 fully saturated rings. The van der Waals surface area contributed by atoms with E-state index in [2.05, 4.69) is 21.0 Å². The minimum Gasteiger partial charge on any atom is -0.481 e. The quantitative estimate of drug-likeness (QED) is 0.891. The maximum atomic E-state index is 12.7. The Kier molecular flexibility index (Phi) is 4.47. The van der Waals surface area contributed by atoms with E-state index in [9.17, 15) is 9.59 Å². The van der Waals surface area contributed by atoms with Crippen LogP contribution in [0.2, 0.25) is 0 Å². The van der Waals surface area contributed by atoms with Crippen LogP contribution in [0.1, 0.15) is 23.2 Å². The topological polar surface area (TPSA) is 75.4 Å². The summed E-state index contributed by atoms with van der Waals surface area (Å²) in [5.74, 6) is -1.44. The Balaban J connectivity index is 1.81. The largest absolute Gasteiger partial charge is 0.481 e. The third kappa shape index (κ3) is 3.44. The van der Waals surface area contributed by atoms with Crippen molar-refractivity contribution >= 4 is 27.8 Å². The van der Waals surface area contributed by atoms with E-state index in [0.717, 1.165) is 10.2 Å². The van der Waals surface area contributed by atoms with Crippen molar-refractivity contribution in [3.05, 3.63) is 46.7 Å². The van der Waals surface area contributed by atoms with Crippen LogP contribution in [-0.4, -0.2) is 44.8 Å². The number of piperidine rings is 1. The Labute approximate surface area is 141 Å². The summed E-state index contributed by atoms with van der Waals surface area (Å²) in [6, 6.07) is 7.18. The highest BCUT2D eigenvalue weighted by atomic mass is 79.9. The third-order valence-electron chi connectivity index (χ3n) is 3.97. The smallest absolute Gasteiger partial charge is 0.308 e. The molecule has 120 valence electrons. The molecule has 0 bridgehead atoms. The summed E-state index contributed by atoms with van der Waals surface area (Å²) in [7, 11) is 0. The summed E-state index contributed by atoms with van der Waals surface area (Å²) in [5.41, 5.74) is 1.33. The number of halogens is 1. The molecule has 1 aromatic carbocycles. The third-order valence-corrected chi connectivity index (χ3v) is 4.38. The lowest BCUT2D eigenvalue weighted by Gasteiger charge is -2.30. The fourth-order valence-corrected chi connectivity index (χ4v) is 3.05. The molecule has 23 heavy (non-hydrogen) atoms. The molecule has 1 N–H and O–H groups in total. The fourth-order valence-electron chi connectivity index (χ4n) is 2.77. The Morgan fingerprint density at radius 2 is 2.17 bits per heavy atom. The van der Waals surface area contributed by atoms with Gasteiger partial charge in [0, 0.05) is 24.8 Å². The van der Waals surface area contributed by atoms with Crippen LogP contribution in [0.5, 0.6) is 0 Å². The minimum atomic E-state index is -0.836. The first-order chi connectivity index (χ1) is 11.0. The van der Waals surface area contributed by atoms with Crippen LogP contribution in [-0.2, 0) is 4.79 Å². The Bertz CT molecular complexity index is 744. The average molecular weight is 378 g/mol. The van der Waals surface area contributed by atoms with E-state index in [-0.39, 0.29) is 12.5 Å². The number of carbonyl (C=O) groups is 2. The Morgan fingerprint density at radius 1 is 1.35 bits per heavy atom. The molecule has 1 aliphatic heterocycles. The van der Waals surface area contributed by atoms with E-state index >= 15 is 0 Å². The van der Waals surface area contributed by atoms with Gasteiger partial charge >= 0.3 is 5.97 Å². The molecule has 0 saturated carbocycles. The second-order valence-corrected chi connectivity index (χ2v) is 6.50. The number of hydrogen-bond donors (Lipinski definition) is 1. The SMILES string of the molecule is O=C(O)[C@H]1CCCN(C(=O)c2cccc(-n3cc(Br)cn3)c2)C1. The van der Waals surface area contributed by atoms with Crippen molar-refractivity contribution < 1.29 is 14.7 Å². The Hall–Kier alpha value is -2.15. The highest BCUT2D eigenvalue weighted by molar-refractivity contribution is 9.10. The second-order valence-electron chi connectivity index (χ2n) is 5.58. The van der Waals surface area contributed by atoms with Crippen molar-refractivity contribution in [3.63, 3.8) is 0 Å². The van der Waals surface area contributed by atoms with Crippen LogP contribution >= 0.6 is 15.9 Å². The fraction of sp³-hybridized carbons (Fsp3) is 0.312. The summed E-state index contributed by atoms with van der Waals surface area (Å²) >= 11 is 3.35. The molecule has 0 radical (unpaired) electrons. The van der Waals surface area contributed by atoms with Gasteiger partial charge in [-0.05, 0) is 47.0 Å². The monoisotopic (exact) mass is 377 g/mol. The number of rotatable bonds is 3. The molecule has 0 unspecified atom stereocenters. The van der Waals surface area contributed by atoms with Crippen molar-refractivity contribution in [2.45, 2.75) is 12.8 Å². The highest BCUT2D eigenvalue weighted by Gasteiger charge is 2.28.